The standard InChI is InChI=1S/C24H22ClN3OS/c1-16-7-8-20-18(13-16)22-19(23(25)26-20)14-21(30-22)24(29)28-11-9-27(10-12-28)15-17-5-3-2-4-6-17/h2-8,13-14H,9-12,15H2,1H3. The van der Waals surface area contributed by atoms with Crippen molar-refractivity contribution in [1.82, 2.24) is 14.8 Å². The fourth-order valence-corrected chi connectivity index (χ4v) is 5.50. The molecule has 152 valence electrons. The number of hydrogen-bond acceptors (Lipinski definition) is 4. The predicted molar refractivity (Wildman–Crippen MR) is 124 cm³/mol. The zero-order valence-corrected chi connectivity index (χ0v) is 18.3. The minimum absolute atomic E-state index is 0.0902. The van der Waals surface area contributed by atoms with Gasteiger partial charge in [0.2, 0.25) is 0 Å². The summed E-state index contributed by atoms with van der Waals surface area (Å²) in [5.41, 5.74) is 3.35. The van der Waals surface area contributed by atoms with Crippen LogP contribution in [-0.2, 0) is 6.54 Å². The molecular formula is C24H22ClN3OS. The van der Waals surface area contributed by atoms with Crippen molar-refractivity contribution in [3.63, 3.8) is 0 Å². The molecule has 0 bridgehead atoms. The predicted octanol–water partition coefficient (Wildman–Crippen LogP) is 5.37. The molecule has 0 aliphatic carbocycles. The quantitative estimate of drug-likeness (QED) is 0.406. The third kappa shape index (κ3) is 3.69. The molecule has 5 rings (SSSR count). The molecule has 1 amide bonds. The number of nitrogens with zero attached hydrogens (tertiary/aromatic N) is 3. The van der Waals surface area contributed by atoms with Crippen molar-refractivity contribution < 1.29 is 4.79 Å². The van der Waals surface area contributed by atoms with Gasteiger partial charge in [-0.3, -0.25) is 9.69 Å². The Hall–Kier alpha value is -2.47. The zero-order chi connectivity index (χ0) is 20.7. The van der Waals surface area contributed by atoms with E-state index < -0.39 is 0 Å². The molecule has 0 atom stereocenters. The first kappa shape index (κ1) is 19.5. The summed E-state index contributed by atoms with van der Waals surface area (Å²) in [6, 6.07) is 18.5. The van der Waals surface area contributed by atoms with E-state index in [-0.39, 0.29) is 5.91 Å². The summed E-state index contributed by atoms with van der Waals surface area (Å²) in [6.07, 6.45) is 0. The number of halogens is 1. The number of benzene rings is 2. The molecule has 0 N–H and O–H groups in total. The van der Waals surface area contributed by atoms with Crippen LogP contribution in [-0.4, -0.2) is 46.9 Å². The third-order valence-corrected chi connectivity index (χ3v) is 7.13. The normalized spacial score (nSPS) is 15.2. The van der Waals surface area contributed by atoms with Crippen molar-refractivity contribution in [1.29, 1.82) is 0 Å². The van der Waals surface area contributed by atoms with E-state index in [4.69, 9.17) is 11.6 Å². The monoisotopic (exact) mass is 435 g/mol. The number of carbonyl (C=O) groups excluding carboxylic acids is 1. The first-order valence-corrected chi connectivity index (χ1v) is 11.3. The number of aromatic nitrogens is 1. The van der Waals surface area contributed by atoms with Crippen molar-refractivity contribution in [2.45, 2.75) is 13.5 Å². The molecular weight excluding hydrogens is 414 g/mol. The number of pyridine rings is 1. The number of amides is 1. The summed E-state index contributed by atoms with van der Waals surface area (Å²) in [5, 5.41) is 2.39. The van der Waals surface area contributed by atoms with Gasteiger partial charge < -0.3 is 4.90 Å². The van der Waals surface area contributed by atoms with Gasteiger partial charge in [-0.05, 0) is 30.7 Å². The second kappa shape index (κ2) is 7.99. The van der Waals surface area contributed by atoms with Crippen LogP contribution in [0.1, 0.15) is 20.8 Å². The van der Waals surface area contributed by atoms with Crippen LogP contribution in [0.2, 0.25) is 5.15 Å². The van der Waals surface area contributed by atoms with Crippen LogP contribution in [0.25, 0.3) is 21.0 Å². The van der Waals surface area contributed by atoms with Crippen molar-refractivity contribution in [2.75, 3.05) is 26.2 Å². The number of hydrogen-bond donors (Lipinski definition) is 0. The molecule has 30 heavy (non-hydrogen) atoms. The van der Waals surface area contributed by atoms with Crippen LogP contribution < -0.4 is 0 Å². The van der Waals surface area contributed by atoms with Crippen molar-refractivity contribution in [3.8, 4) is 0 Å². The van der Waals surface area contributed by atoms with Crippen LogP contribution >= 0.6 is 22.9 Å². The van der Waals surface area contributed by atoms with E-state index in [1.54, 1.807) is 0 Å². The van der Waals surface area contributed by atoms with Gasteiger partial charge in [-0.25, -0.2) is 4.98 Å². The third-order valence-electron chi connectivity index (χ3n) is 5.69. The molecule has 1 aliphatic heterocycles. The molecule has 6 heteroatoms. The molecule has 0 unspecified atom stereocenters. The summed E-state index contributed by atoms with van der Waals surface area (Å²) in [5.74, 6) is 0.0902. The average Bonchev–Trinajstić information content (AvgIpc) is 3.22. The Kier molecular flexibility index (Phi) is 5.19. The van der Waals surface area contributed by atoms with Crippen LogP contribution in [0.3, 0.4) is 0 Å². The summed E-state index contributed by atoms with van der Waals surface area (Å²) in [6.45, 7) is 6.25. The molecule has 1 saturated heterocycles. The van der Waals surface area contributed by atoms with E-state index in [2.05, 4.69) is 47.1 Å². The number of piperazine rings is 1. The Balaban J connectivity index is 1.36. The molecule has 1 aliphatic rings. The average molecular weight is 436 g/mol. The Morgan fingerprint density at radius 3 is 2.57 bits per heavy atom. The van der Waals surface area contributed by atoms with Gasteiger partial charge in [0, 0.05) is 48.2 Å². The Bertz CT molecular complexity index is 1230. The molecule has 0 spiro atoms. The fourth-order valence-electron chi connectivity index (χ4n) is 4.05. The van der Waals surface area contributed by atoms with Crippen LogP contribution in [0.4, 0.5) is 0 Å². The van der Waals surface area contributed by atoms with Crippen LogP contribution in [0, 0.1) is 6.92 Å². The molecule has 0 saturated carbocycles. The van der Waals surface area contributed by atoms with Crippen LogP contribution in [0.5, 0.6) is 0 Å². The lowest BCUT2D eigenvalue weighted by Gasteiger charge is -2.34. The smallest absolute Gasteiger partial charge is 0.264 e. The van der Waals surface area contributed by atoms with E-state index in [0.29, 0.717) is 5.15 Å². The number of thiophene rings is 1. The maximum absolute atomic E-state index is 13.2. The lowest BCUT2D eigenvalue weighted by Crippen LogP contribution is -2.48. The highest BCUT2D eigenvalue weighted by Gasteiger charge is 2.24. The van der Waals surface area contributed by atoms with Gasteiger partial charge in [0.05, 0.1) is 10.4 Å². The molecule has 4 aromatic rings. The highest BCUT2D eigenvalue weighted by molar-refractivity contribution is 7.21. The highest BCUT2D eigenvalue weighted by Crippen LogP contribution is 2.36. The lowest BCUT2D eigenvalue weighted by atomic mass is 10.1. The minimum atomic E-state index is 0.0902. The zero-order valence-electron chi connectivity index (χ0n) is 16.8. The molecule has 2 aromatic heterocycles. The molecule has 1 fully saturated rings. The number of aryl methyl sites for hydroxylation is 1. The van der Waals surface area contributed by atoms with Crippen molar-refractivity contribution >= 4 is 49.8 Å². The lowest BCUT2D eigenvalue weighted by molar-refractivity contribution is 0.0633. The maximum Gasteiger partial charge on any atom is 0.264 e. The van der Waals surface area contributed by atoms with Gasteiger partial charge >= 0.3 is 0 Å². The van der Waals surface area contributed by atoms with Gasteiger partial charge in [-0.2, -0.15) is 0 Å². The van der Waals surface area contributed by atoms with E-state index in [0.717, 1.165) is 58.6 Å². The largest absolute Gasteiger partial charge is 0.335 e. The maximum atomic E-state index is 13.2. The van der Waals surface area contributed by atoms with Gasteiger partial charge in [-0.15, -0.1) is 11.3 Å². The topological polar surface area (TPSA) is 36.4 Å². The fraction of sp³-hybridized carbons (Fsp3) is 0.250. The molecule has 2 aromatic carbocycles. The molecule has 0 radical (unpaired) electrons. The first-order valence-electron chi connectivity index (χ1n) is 10.1. The van der Waals surface area contributed by atoms with E-state index >= 15 is 0 Å². The Morgan fingerprint density at radius 1 is 1.03 bits per heavy atom. The van der Waals surface area contributed by atoms with Gasteiger partial charge in [0.15, 0.2) is 0 Å². The van der Waals surface area contributed by atoms with Crippen molar-refractivity contribution in [2.24, 2.45) is 0 Å². The summed E-state index contributed by atoms with van der Waals surface area (Å²) in [4.78, 5) is 22.8. The van der Waals surface area contributed by atoms with Crippen LogP contribution in [0.15, 0.2) is 54.6 Å². The Labute approximate surface area is 184 Å². The number of carbonyl (C=O) groups is 1. The number of fused-ring (bicyclic) bond motifs is 3. The molecule has 4 nitrogen and oxygen atoms in total. The number of rotatable bonds is 3. The van der Waals surface area contributed by atoms with Crippen molar-refractivity contribution in [3.05, 3.63) is 75.8 Å². The highest BCUT2D eigenvalue weighted by atomic mass is 35.5. The summed E-state index contributed by atoms with van der Waals surface area (Å²) in [7, 11) is 0. The van der Waals surface area contributed by atoms with Gasteiger partial charge in [0.1, 0.15) is 5.15 Å². The second-order valence-corrected chi connectivity index (χ2v) is 9.24. The summed E-state index contributed by atoms with van der Waals surface area (Å²) >= 11 is 7.97. The minimum Gasteiger partial charge on any atom is -0.335 e. The van der Waals surface area contributed by atoms with E-state index in [9.17, 15) is 4.79 Å². The second-order valence-electron chi connectivity index (χ2n) is 7.83. The first-order chi connectivity index (χ1) is 14.6. The Morgan fingerprint density at radius 2 is 1.80 bits per heavy atom. The molecule has 3 heterocycles. The van der Waals surface area contributed by atoms with E-state index in [1.807, 2.05) is 29.2 Å². The van der Waals surface area contributed by atoms with Gasteiger partial charge in [-0.1, -0.05) is 53.6 Å². The SMILES string of the molecule is Cc1ccc2nc(Cl)c3cc(C(=O)N4CCN(Cc5ccccc5)CC4)sc3c2c1. The van der Waals surface area contributed by atoms with Gasteiger partial charge in [0.25, 0.3) is 5.91 Å². The van der Waals surface area contributed by atoms with E-state index in [1.165, 1.54) is 22.5 Å². The summed E-state index contributed by atoms with van der Waals surface area (Å²) < 4.78 is 1.04.